The minimum atomic E-state index is -4.36. The molecular formula is C17H13F3N2O2. The molecular weight excluding hydrogens is 321 g/mol. The second-order valence-corrected chi connectivity index (χ2v) is 5.14. The molecule has 0 bridgehead atoms. The van der Waals surface area contributed by atoms with Crippen LogP contribution in [0.5, 0.6) is 5.75 Å². The van der Waals surface area contributed by atoms with Crippen LogP contribution in [0, 0.1) is 6.92 Å². The molecule has 24 heavy (non-hydrogen) atoms. The van der Waals surface area contributed by atoms with Crippen LogP contribution in [0.15, 0.2) is 52.9 Å². The zero-order valence-corrected chi connectivity index (χ0v) is 12.7. The van der Waals surface area contributed by atoms with Gasteiger partial charge in [0, 0.05) is 12.5 Å². The van der Waals surface area contributed by atoms with E-state index in [2.05, 4.69) is 10.2 Å². The lowest BCUT2D eigenvalue weighted by molar-refractivity contribution is -0.137. The van der Waals surface area contributed by atoms with Gasteiger partial charge in [0.1, 0.15) is 12.4 Å². The van der Waals surface area contributed by atoms with Crippen molar-refractivity contribution in [1.29, 1.82) is 0 Å². The molecule has 1 heterocycles. The van der Waals surface area contributed by atoms with Gasteiger partial charge in [0.05, 0.1) is 5.56 Å². The summed E-state index contributed by atoms with van der Waals surface area (Å²) in [6, 6.07) is 11.9. The highest BCUT2D eigenvalue weighted by Crippen LogP contribution is 2.30. The zero-order chi connectivity index (χ0) is 17.2. The summed E-state index contributed by atoms with van der Waals surface area (Å²) in [4.78, 5) is 0. The van der Waals surface area contributed by atoms with Crippen LogP contribution in [0.1, 0.15) is 17.0 Å². The summed E-state index contributed by atoms with van der Waals surface area (Å²) in [5.74, 6) is 1.40. The van der Waals surface area contributed by atoms with E-state index >= 15 is 0 Å². The molecule has 0 N–H and O–H groups in total. The Bertz CT molecular complexity index is 826. The molecule has 0 radical (unpaired) electrons. The molecule has 0 aliphatic carbocycles. The van der Waals surface area contributed by atoms with Gasteiger partial charge in [0.2, 0.25) is 11.8 Å². The first kappa shape index (κ1) is 16.0. The van der Waals surface area contributed by atoms with Gasteiger partial charge in [-0.05, 0) is 42.0 Å². The van der Waals surface area contributed by atoms with Gasteiger partial charge < -0.3 is 9.15 Å². The molecule has 0 aliphatic heterocycles. The SMILES string of the molecule is Cc1nnc(-c2ccc(OCc3cccc(C(F)(F)F)c3)cc2)o1. The predicted octanol–water partition coefficient (Wildman–Crippen LogP) is 4.64. The van der Waals surface area contributed by atoms with E-state index in [1.807, 2.05) is 0 Å². The highest BCUT2D eigenvalue weighted by molar-refractivity contribution is 5.53. The van der Waals surface area contributed by atoms with E-state index < -0.39 is 11.7 Å². The summed E-state index contributed by atoms with van der Waals surface area (Å²) >= 11 is 0. The number of nitrogens with zero attached hydrogens (tertiary/aromatic N) is 2. The van der Waals surface area contributed by atoms with Gasteiger partial charge in [-0.15, -0.1) is 10.2 Å². The quantitative estimate of drug-likeness (QED) is 0.697. The topological polar surface area (TPSA) is 48.2 Å². The highest BCUT2D eigenvalue weighted by atomic mass is 19.4. The number of hydrogen-bond acceptors (Lipinski definition) is 4. The first-order chi connectivity index (χ1) is 11.4. The first-order valence-electron chi connectivity index (χ1n) is 7.11. The van der Waals surface area contributed by atoms with Crippen molar-refractivity contribution in [2.24, 2.45) is 0 Å². The first-order valence-corrected chi connectivity index (χ1v) is 7.11. The average Bonchev–Trinajstić information content (AvgIpc) is 2.99. The van der Waals surface area contributed by atoms with Crippen molar-refractivity contribution in [3.05, 3.63) is 65.5 Å². The molecule has 0 unspecified atom stereocenters. The number of ether oxygens (including phenoxy) is 1. The number of aromatic nitrogens is 2. The number of benzene rings is 2. The van der Waals surface area contributed by atoms with Crippen molar-refractivity contribution in [1.82, 2.24) is 10.2 Å². The second kappa shape index (κ2) is 6.35. The molecule has 0 saturated heterocycles. The molecule has 0 aliphatic rings. The summed E-state index contributed by atoms with van der Waals surface area (Å²) in [6.45, 7) is 1.74. The van der Waals surface area contributed by atoms with Crippen LogP contribution < -0.4 is 4.74 Å². The van der Waals surface area contributed by atoms with E-state index in [4.69, 9.17) is 9.15 Å². The normalized spacial score (nSPS) is 11.5. The highest BCUT2D eigenvalue weighted by Gasteiger charge is 2.30. The molecule has 2 aromatic carbocycles. The summed E-state index contributed by atoms with van der Waals surface area (Å²) < 4.78 is 48.9. The third-order valence-electron chi connectivity index (χ3n) is 3.29. The van der Waals surface area contributed by atoms with Gasteiger partial charge >= 0.3 is 6.18 Å². The van der Waals surface area contributed by atoms with Gasteiger partial charge in [-0.3, -0.25) is 0 Å². The monoisotopic (exact) mass is 334 g/mol. The smallest absolute Gasteiger partial charge is 0.416 e. The molecule has 3 aromatic rings. The van der Waals surface area contributed by atoms with Crippen LogP contribution in [0.25, 0.3) is 11.5 Å². The Kier molecular flexibility index (Phi) is 4.24. The fraction of sp³-hybridized carbons (Fsp3) is 0.176. The lowest BCUT2D eigenvalue weighted by Crippen LogP contribution is -2.06. The lowest BCUT2D eigenvalue weighted by atomic mass is 10.1. The Morgan fingerprint density at radius 2 is 1.79 bits per heavy atom. The fourth-order valence-corrected chi connectivity index (χ4v) is 2.11. The zero-order valence-electron chi connectivity index (χ0n) is 12.7. The summed E-state index contributed by atoms with van der Waals surface area (Å²) in [6.07, 6.45) is -4.36. The summed E-state index contributed by atoms with van der Waals surface area (Å²) in [5, 5.41) is 7.66. The van der Waals surface area contributed by atoms with Crippen LogP contribution in [0.2, 0.25) is 0 Å². The summed E-state index contributed by atoms with van der Waals surface area (Å²) in [5.41, 5.74) is 0.495. The fourth-order valence-electron chi connectivity index (χ4n) is 2.11. The maximum atomic E-state index is 12.7. The maximum absolute atomic E-state index is 12.7. The van der Waals surface area contributed by atoms with E-state index in [1.165, 1.54) is 6.07 Å². The average molecular weight is 334 g/mol. The van der Waals surface area contributed by atoms with Crippen molar-refractivity contribution >= 4 is 0 Å². The third-order valence-corrected chi connectivity index (χ3v) is 3.29. The number of hydrogen-bond donors (Lipinski definition) is 0. The van der Waals surface area contributed by atoms with Gasteiger partial charge in [-0.2, -0.15) is 13.2 Å². The predicted molar refractivity (Wildman–Crippen MR) is 80.2 cm³/mol. The summed E-state index contributed by atoms with van der Waals surface area (Å²) in [7, 11) is 0. The Balaban J connectivity index is 1.67. The van der Waals surface area contributed by atoms with E-state index in [0.29, 0.717) is 23.1 Å². The number of alkyl halides is 3. The Morgan fingerprint density at radius 1 is 1.04 bits per heavy atom. The molecule has 1 aromatic heterocycles. The molecule has 124 valence electrons. The molecule has 4 nitrogen and oxygen atoms in total. The van der Waals surface area contributed by atoms with Crippen molar-refractivity contribution in [2.75, 3.05) is 0 Å². The van der Waals surface area contributed by atoms with Gasteiger partial charge in [0.15, 0.2) is 0 Å². The van der Waals surface area contributed by atoms with E-state index in [0.717, 1.165) is 17.7 Å². The lowest BCUT2D eigenvalue weighted by Gasteiger charge is -2.10. The number of rotatable bonds is 4. The standard InChI is InChI=1S/C17H13F3N2O2/c1-11-21-22-16(24-11)13-5-7-15(8-6-13)23-10-12-3-2-4-14(9-12)17(18,19)20/h2-9H,10H2,1H3. The molecule has 0 amide bonds. The van der Waals surface area contributed by atoms with Crippen LogP contribution in [-0.2, 0) is 12.8 Å². The Hall–Kier alpha value is -2.83. The molecule has 0 fully saturated rings. The maximum Gasteiger partial charge on any atom is 0.416 e. The Labute approximate surface area is 135 Å². The molecule has 0 atom stereocenters. The van der Waals surface area contributed by atoms with Crippen LogP contribution in [-0.4, -0.2) is 10.2 Å². The van der Waals surface area contributed by atoms with E-state index in [1.54, 1.807) is 37.3 Å². The van der Waals surface area contributed by atoms with Crippen molar-refractivity contribution in [3.8, 4) is 17.2 Å². The Morgan fingerprint density at radius 3 is 2.42 bits per heavy atom. The third kappa shape index (κ3) is 3.73. The van der Waals surface area contributed by atoms with Crippen LogP contribution in [0.4, 0.5) is 13.2 Å². The van der Waals surface area contributed by atoms with Crippen molar-refractivity contribution < 1.29 is 22.3 Å². The van der Waals surface area contributed by atoms with E-state index in [-0.39, 0.29) is 6.61 Å². The van der Waals surface area contributed by atoms with Crippen LogP contribution in [0.3, 0.4) is 0 Å². The molecule has 0 spiro atoms. The van der Waals surface area contributed by atoms with Gasteiger partial charge in [0.25, 0.3) is 0 Å². The minimum absolute atomic E-state index is 0.0446. The largest absolute Gasteiger partial charge is 0.489 e. The second-order valence-electron chi connectivity index (χ2n) is 5.14. The van der Waals surface area contributed by atoms with Crippen molar-refractivity contribution in [2.45, 2.75) is 19.7 Å². The van der Waals surface area contributed by atoms with Crippen LogP contribution >= 0.6 is 0 Å². The minimum Gasteiger partial charge on any atom is -0.489 e. The van der Waals surface area contributed by atoms with Gasteiger partial charge in [-0.1, -0.05) is 12.1 Å². The van der Waals surface area contributed by atoms with E-state index in [9.17, 15) is 13.2 Å². The number of halogens is 3. The molecule has 0 saturated carbocycles. The van der Waals surface area contributed by atoms with Crippen molar-refractivity contribution in [3.63, 3.8) is 0 Å². The molecule has 3 rings (SSSR count). The molecule has 7 heteroatoms. The number of aryl methyl sites for hydroxylation is 1. The van der Waals surface area contributed by atoms with Gasteiger partial charge in [-0.25, -0.2) is 0 Å².